The van der Waals surface area contributed by atoms with Gasteiger partial charge in [-0.05, 0) is 35.9 Å². The molecule has 1 saturated heterocycles. The molecule has 1 aromatic heterocycles. The molecule has 8 heteroatoms. The summed E-state index contributed by atoms with van der Waals surface area (Å²) in [5, 5.41) is 6.27. The Morgan fingerprint density at radius 3 is 2.50 bits per heavy atom. The smallest absolute Gasteiger partial charge is 0.242 e. The lowest BCUT2D eigenvalue weighted by molar-refractivity contribution is -0.117. The van der Waals surface area contributed by atoms with Gasteiger partial charge in [0.2, 0.25) is 5.91 Å². The Bertz CT molecular complexity index is 1100. The molecule has 7 nitrogen and oxygen atoms in total. The molecule has 0 radical (unpaired) electrons. The van der Waals surface area contributed by atoms with E-state index in [0.29, 0.717) is 34.1 Å². The summed E-state index contributed by atoms with van der Waals surface area (Å²) in [6.07, 6.45) is 3.52. The van der Waals surface area contributed by atoms with Gasteiger partial charge in [0.25, 0.3) is 0 Å². The minimum atomic E-state index is -0.341. The number of rotatable bonds is 7. The predicted molar refractivity (Wildman–Crippen MR) is 124 cm³/mol. The third-order valence-electron chi connectivity index (χ3n) is 5.09. The maximum atomic E-state index is 13.0. The van der Waals surface area contributed by atoms with Gasteiger partial charge in [-0.2, -0.15) is 0 Å². The van der Waals surface area contributed by atoms with Crippen molar-refractivity contribution in [3.8, 4) is 11.5 Å². The van der Waals surface area contributed by atoms with Crippen LogP contribution < -0.4 is 20.1 Å². The third-order valence-corrected chi connectivity index (χ3v) is 6.36. The predicted octanol–water partition coefficient (Wildman–Crippen LogP) is 3.67. The lowest BCUT2D eigenvalue weighted by Gasteiger charge is -2.14. The Morgan fingerprint density at radius 1 is 1.03 bits per heavy atom. The molecule has 1 fully saturated rings. The summed E-state index contributed by atoms with van der Waals surface area (Å²) < 4.78 is 10.5. The van der Waals surface area contributed by atoms with Crippen LogP contribution in [0.3, 0.4) is 0 Å². The molecule has 3 aromatic rings. The number of benzene rings is 2. The van der Waals surface area contributed by atoms with E-state index in [-0.39, 0.29) is 23.1 Å². The Kier molecular flexibility index (Phi) is 6.72. The summed E-state index contributed by atoms with van der Waals surface area (Å²) in [5.41, 5.74) is 2.50. The van der Waals surface area contributed by atoms with E-state index in [0.717, 1.165) is 5.56 Å². The number of nitrogens with one attached hydrogen (secondary N) is 2. The van der Waals surface area contributed by atoms with E-state index in [1.165, 1.54) is 14.2 Å². The average Bonchev–Trinajstić information content (AvgIpc) is 3.34. The molecule has 1 aliphatic rings. The van der Waals surface area contributed by atoms with Crippen LogP contribution in [0.1, 0.15) is 26.9 Å². The highest BCUT2D eigenvalue weighted by Gasteiger charge is 2.30. The van der Waals surface area contributed by atoms with Crippen molar-refractivity contribution in [1.29, 1.82) is 0 Å². The lowest BCUT2D eigenvalue weighted by atomic mass is 10.0. The zero-order valence-corrected chi connectivity index (χ0v) is 18.5. The molecule has 2 atom stereocenters. The summed E-state index contributed by atoms with van der Waals surface area (Å²) in [5.74, 6) is 1.38. The lowest BCUT2D eigenvalue weighted by Crippen LogP contribution is -2.38. The first-order valence-corrected chi connectivity index (χ1v) is 11.1. The quantitative estimate of drug-likeness (QED) is 0.532. The van der Waals surface area contributed by atoms with Crippen molar-refractivity contribution in [2.45, 2.75) is 11.4 Å². The first kappa shape index (κ1) is 21.9. The second kappa shape index (κ2) is 9.84. The van der Waals surface area contributed by atoms with Crippen LogP contribution in [0.4, 0.5) is 5.69 Å². The highest BCUT2D eigenvalue weighted by molar-refractivity contribution is 7.99. The number of nitrogens with zero attached hydrogens (tertiary/aromatic N) is 1. The first-order valence-electron chi connectivity index (χ1n) is 10.0. The number of pyridine rings is 1. The number of ketones is 1. The Balaban J connectivity index is 1.45. The van der Waals surface area contributed by atoms with Crippen molar-refractivity contribution in [3.05, 3.63) is 83.7 Å². The van der Waals surface area contributed by atoms with Crippen LogP contribution in [0.2, 0.25) is 0 Å². The second-order valence-corrected chi connectivity index (χ2v) is 8.36. The van der Waals surface area contributed by atoms with Crippen LogP contribution in [-0.4, -0.2) is 42.7 Å². The highest BCUT2D eigenvalue weighted by atomic mass is 32.2. The molecule has 0 spiro atoms. The SMILES string of the molecule is COc1cc(OC)cc(C(=O)c2cccc(NC(=O)C3CSC(c4cccnc4)N3)c2)c1. The van der Waals surface area contributed by atoms with Crippen LogP contribution in [0.15, 0.2) is 67.0 Å². The zero-order chi connectivity index (χ0) is 22.5. The molecular formula is C24H23N3O4S. The highest BCUT2D eigenvalue weighted by Crippen LogP contribution is 2.32. The van der Waals surface area contributed by atoms with E-state index >= 15 is 0 Å². The van der Waals surface area contributed by atoms with Gasteiger partial charge >= 0.3 is 0 Å². The molecule has 0 bridgehead atoms. The number of thioether (sulfide) groups is 1. The standard InChI is InChI=1S/C24H23N3O4S/c1-30-19-10-17(11-20(12-19)31-2)22(28)15-5-3-7-18(9-15)26-23(29)21-14-32-24(27-21)16-6-4-8-25-13-16/h3-13,21,24,27H,14H2,1-2H3,(H,26,29). The Hall–Kier alpha value is -3.36. The van der Waals surface area contributed by atoms with Gasteiger partial charge in [0.15, 0.2) is 5.78 Å². The van der Waals surface area contributed by atoms with Crippen LogP contribution >= 0.6 is 11.8 Å². The average molecular weight is 450 g/mol. The normalized spacial score (nSPS) is 17.6. The molecule has 4 rings (SSSR count). The van der Waals surface area contributed by atoms with E-state index in [4.69, 9.17) is 9.47 Å². The number of hydrogen-bond donors (Lipinski definition) is 2. The molecular weight excluding hydrogens is 426 g/mol. The fourth-order valence-electron chi connectivity index (χ4n) is 3.42. The molecule has 1 aliphatic heterocycles. The summed E-state index contributed by atoms with van der Waals surface area (Å²) in [6, 6.07) is 15.5. The fourth-order valence-corrected chi connectivity index (χ4v) is 4.64. The van der Waals surface area contributed by atoms with Gasteiger partial charge in [-0.3, -0.25) is 19.9 Å². The van der Waals surface area contributed by atoms with Crippen molar-refractivity contribution in [3.63, 3.8) is 0 Å². The summed E-state index contributed by atoms with van der Waals surface area (Å²) in [7, 11) is 3.07. The number of anilines is 1. The topological polar surface area (TPSA) is 89.5 Å². The van der Waals surface area contributed by atoms with Crippen molar-refractivity contribution in [2.24, 2.45) is 0 Å². The van der Waals surface area contributed by atoms with Gasteiger partial charge in [-0.1, -0.05) is 18.2 Å². The van der Waals surface area contributed by atoms with E-state index in [9.17, 15) is 9.59 Å². The second-order valence-electron chi connectivity index (χ2n) is 7.22. The molecule has 0 saturated carbocycles. The van der Waals surface area contributed by atoms with Gasteiger partial charge < -0.3 is 14.8 Å². The molecule has 32 heavy (non-hydrogen) atoms. The molecule has 164 valence electrons. The number of ether oxygens (including phenoxy) is 2. The minimum absolute atomic E-state index is 0.0235. The summed E-state index contributed by atoms with van der Waals surface area (Å²) >= 11 is 1.66. The Labute approximate surface area is 190 Å². The van der Waals surface area contributed by atoms with Gasteiger partial charge in [-0.25, -0.2) is 0 Å². The van der Waals surface area contributed by atoms with Crippen LogP contribution in [0, 0.1) is 0 Å². The molecule has 2 heterocycles. The molecule has 2 unspecified atom stereocenters. The van der Waals surface area contributed by atoms with Gasteiger partial charge in [0.05, 0.1) is 25.6 Å². The number of aromatic nitrogens is 1. The van der Waals surface area contributed by atoms with E-state index in [1.54, 1.807) is 66.6 Å². The number of carbonyl (C=O) groups is 2. The van der Waals surface area contributed by atoms with Crippen molar-refractivity contribution >= 4 is 29.1 Å². The number of hydrogen-bond acceptors (Lipinski definition) is 7. The fraction of sp³-hybridized carbons (Fsp3) is 0.208. The van der Waals surface area contributed by atoms with E-state index in [2.05, 4.69) is 15.6 Å². The summed E-state index contributed by atoms with van der Waals surface area (Å²) in [6.45, 7) is 0. The third kappa shape index (κ3) is 4.92. The largest absolute Gasteiger partial charge is 0.497 e. The van der Waals surface area contributed by atoms with Crippen LogP contribution in [-0.2, 0) is 4.79 Å². The number of methoxy groups -OCH3 is 2. The van der Waals surface area contributed by atoms with E-state index in [1.807, 2.05) is 12.1 Å². The zero-order valence-electron chi connectivity index (χ0n) is 17.7. The minimum Gasteiger partial charge on any atom is -0.497 e. The maximum Gasteiger partial charge on any atom is 0.242 e. The van der Waals surface area contributed by atoms with Gasteiger partial charge in [-0.15, -0.1) is 11.8 Å². The van der Waals surface area contributed by atoms with Crippen LogP contribution in [0.5, 0.6) is 11.5 Å². The number of carbonyl (C=O) groups excluding carboxylic acids is 2. The maximum absolute atomic E-state index is 13.0. The van der Waals surface area contributed by atoms with Crippen molar-refractivity contribution in [2.75, 3.05) is 25.3 Å². The molecule has 2 aromatic carbocycles. The Morgan fingerprint density at radius 2 is 1.81 bits per heavy atom. The van der Waals surface area contributed by atoms with Crippen molar-refractivity contribution < 1.29 is 19.1 Å². The monoisotopic (exact) mass is 449 g/mol. The van der Waals surface area contributed by atoms with Gasteiger partial charge in [0.1, 0.15) is 11.5 Å². The first-order chi connectivity index (χ1) is 15.6. The summed E-state index contributed by atoms with van der Waals surface area (Å²) in [4.78, 5) is 30.0. The number of amides is 1. The molecule has 1 amide bonds. The van der Waals surface area contributed by atoms with Crippen LogP contribution in [0.25, 0.3) is 0 Å². The molecule has 0 aliphatic carbocycles. The van der Waals surface area contributed by atoms with Crippen molar-refractivity contribution in [1.82, 2.24) is 10.3 Å². The molecule has 2 N–H and O–H groups in total. The van der Waals surface area contributed by atoms with Gasteiger partial charge in [0, 0.05) is 41.0 Å². The van der Waals surface area contributed by atoms with E-state index < -0.39 is 0 Å².